The van der Waals surface area contributed by atoms with Crippen molar-refractivity contribution >= 4 is 65.0 Å². The van der Waals surface area contributed by atoms with Gasteiger partial charge in [-0.25, -0.2) is 0 Å². The van der Waals surface area contributed by atoms with E-state index in [1.54, 1.807) is 39.8 Å². The Morgan fingerprint density at radius 3 is 1.38 bits per heavy atom. The van der Waals surface area contributed by atoms with Crippen molar-refractivity contribution in [2.24, 2.45) is 35.5 Å². The Labute approximate surface area is 477 Å². The molecule has 23 nitrogen and oxygen atoms in total. The van der Waals surface area contributed by atoms with Crippen molar-refractivity contribution in [3.05, 3.63) is 12.2 Å². The summed E-state index contributed by atoms with van der Waals surface area (Å²) in [4.78, 5) is 164. The van der Waals surface area contributed by atoms with E-state index in [-0.39, 0.29) is 49.4 Å². The van der Waals surface area contributed by atoms with Gasteiger partial charge in [-0.1, -0.05) is 88.3 Å². The van der Waals surface area contributed by atoms with E-state index in [9.17, 15) is 57.8 Å². The first-order valence-corrected chi connectivity index (χ1v) is 28.2. The van der Waals surface area contributed by atoms with Crippen LogP contribution in [0.3, 0.4) is 0 Å². The predicted molar refractivity (Wildman–Crippen MR) is 305 cm³/mol. The van der Waals surface area contributed by atoms with Crippen LogP contribution >= 0.6 is 0 Å². The van der Waals surface area contributed by atoms with Gasteiger partial charge in [0.25, 0.3) is 0 Å². The molecule has 0 saturated carbocycles. The van der Waals surface area contributed by atoms with Gasteiger partial charge in [0.15, 0.2) is 0 Å². The monoisotopic (exact) mass is 1130 g/mol. The van der Waals surface area contributed by atoms with Crippen LogP contribution in [0.5, 0.6) is 0 Å². The van der Waals surface area contributed by atoms with E-state index in [0.717, 1.165) is 14.7 Å². The highest BCUT2D eigenvalue weighted by Crippen LogP contribution is 2.23. The molecule has 0 aliphatic carbocycles. The minimum absolute atomic E-state index is 0.124. The number of nitrogens with one attached hydrogen (secondary N) is 4. The lowest BCUT2D eigenvalue weighted by molar-refractivity contribution is -0.153. The summed E-state index contributed by atoms with van der Waals surface area (Å²) in [5.74, 6) is -9.16. The first-order valence-electron chi connectivity index (χ1n) is 28.2. The molecule has 1 aliphatic heterocycles. The molecule has 1 fully saturated rings. The maximum absolute atomic E-state index is 14.7. The molecular weight excluding hydrogens is 1030 g/mol. The first-order chi connectivity index (χ1) is 36.9. The number of carbonyl (C=O) groups excluding carboxylic acids is 11. The Morgan fingerprint density at radius 1 is 0.475 bits per heavy atom. The molecule has 0 aromatic rings. The second-order valence-corrected chi connectivity index (χ2v) is 24.0. The summed E-state index contributed by atoms with van der Waals surface area (Å²) in [6, 6.07) is -9.67. The van der Waals surface area contributed by atoms with Gasteiger partial charge in [0.2, 0.25) is 65.0 Å². The Hall–Kier alpha value is -6.13. The Morgan fingerprint density at radius 2 is 0.887 bits per heavy atom. The summed E-state index contributed by atoms with van der Waals surface area (Å²) >= 11 is 0. The maximum Gasteiger partial charge on any atom is 0.245 e. The summed E-state index contributed by atoms with van der Waals surface area (Å²) < 4.78 is 0. The average molecular weight is 1130 g/mol. The largest absolute Gasteiger partial charge is 0.390 e. The molecule has 11 amide bonds. The average Bonchev–Trinajstić information content (AvgIpc) is 3.37. The van der Waals surface area contributed by atoms with Crippen LogP contribution in [0.4, 0.5) is 0 Å². The SMILES string of the molecule is C/C=C/C[C@@H](C)[C@@H](O)C1C(=O)NCC(=O)N(C)CC(=O)N(C)[C@@H](CC(C)C)C(=O)NC(C(C)C)C(=O)N(C)[C@@H](CC(C)C)C(=O)N[C@@H](C)C(=O)N[C@H](C)C(=O)N(C)[C@@H](CC(C)C)C(=O)N(C)[C@@H](CC(C)C)C(=O)N(C)CC(=O)N1C. The van der Waals surface area contributed by atoms with Gasteiger partial charge in [-0.15, -0.1) is 0 Å². The summed E-state index contributed by atoms with van der Waals surface area (Å²) in [6.07, 6.45) is 3.05. The fourth-order valence-electron chi connectivity index (χ4n) is 9.42. The van der Waals surface area contributed by atoms with Crippen molar-refractivity contribution in [3.63, 3.8) is 0 Å². The van der Waals surface area contributed by atoms with Gasteiger partial charge < -0.3 is 60.7 Å². The lowest BCUT2D eigenvalue weighted by Crippen LogP contribution is -2.60. The zero-order valence-electron chi connectivity index (χ0n) is 52.0. The molecule has 1 rings (SSSR count). The smallest absolute Gasteiger partial charge is 0.245 e. The van der Waals surface area contributed by atoms with Gasteiger partial charge in [0, 0.05) is 49.3 Å². The van der Waals surface area contributed by atoms with E-state index >= 15 is 0 Å². The molecule has 0 aromatic carbocycles. The van der Waals surface area contributed by atoms with Crippen LogP contribution in [0.2, 0.25) is 0 Å². The fourth-order valence-corrected chi connectivity index (χ4v) is 9.42. The lowest BCUT2D eigenvalue weighted by Gasteiger charge is -2.38. The van der Waals surface area contributed by atoms with E-state index in [4.69, 9.17) is 0 Å². The van der Waals surface area contributed by atoms with E-state index in [0.29, 0.717) is 6.42 Å². The summed E-state index contributed by atoms with van der Waals surface area (Å²) in [5.41, 5.74) is 0. The van der Waals surface area contributed by atoms with Gasteiger partial charge in [-0.05, 0) is 88.4 Å². The molecule has 23 heteroatoms. The molecule has 0 radical (unpaired) electrons. The van der Waals surface area contributed by atoms with E-state index in [1.165, 1.54) is 82.8 Å². The van der Waals surface area contributed by atoms with Crippen LogP contribution < -0.4 is 21.3 Å². The molecule has 80 heavy (non-hydrogen) atoms. The molecule has 456 valence electrons. The second-order valence-electron chi connectivity index (χ2n) is 24.0. The molecule has 10 atom stereocenters. The minimum atomic E-state index is -1.57. The topological polar surface area (TPSA) is 279 Å². The van der Waals surface area contributed by atoms with Crippen LogP contribution in [0.25, 0.3) is 0 Å². The van der Waals surface area contributed by atoms with Crippen molar-refractivity contribution in [2.45, 2.75) is 183 Å². The molecule has 5 N–H and O–H groups in total. The number of amides is 11. The van der Waals surface area contributed by atoms with Gasteiger partial charge in [0.05, 0.1) is 25.7 Å². The standard InChI is InChI=1S/C57H101N11O12/c1-22-23-24-37(12)49(72)48-53(76)58-29-44(69)62(15)30-45(70)64(17)40(25-32(2)3)52(75)61-47(36(10)11)57(80)65(18)41(26-33(4)5)51(74)59-38(13)50(73)60-39(14)54(77)66(19)43(28-35(8)9)56(79)67(20)42(27-34(6)7)55(78)63(16)31-46(71)68(48)21/h22-23,32-43,47-49,72H,24-31H2,1-21H3,(H,58,76)(H,59,74)(H,60,73)(H,61,75)/b23-22+/t37-,38+,39-,40+,41+,42+,43+,47?,48?,49-/m1/s1. The van der Waals surface area contributed by atoms with E-state index in [2.05, 4.69) is 21.3 Å². The van der Waals surface area contributed by atoms with Crippen LogP contribution in [0.15, 0.2) is 12.2 Å². The highest BCUT2D eigenvalue weighted by molar-refractivity contribution is 5.98. The van der Waals surface area contributed by atoms with Crippen LogP contribution in [-0.2, 0) is 52.7 Å². The third-order valence-electron chi connectivity index (χ3n) is 14.7. The number of allylic oxidation sites excluding steroid dienone is 2. The molecule has 1 heterocycles. The summed E-state index contributed by atoms with van der Waals surface area (Å²) in [6.45, 7) is 22.9. The number of aliphatic hydroxyl groups excluding tert-OH is 1. The van der Waals surface area contributed by atoms with E-state index in [1.807, 2.05) is 55.4 Å². The number of hydrogen-bond acceptors (Lipinski definition) is 12. The second kappa shape index (κ2) is 33.0. The normalized spacial score (nSPS) is 25.9. The molecule has 0 aromatic heterocycles. The van der Waals surface area contributed by atoms with Crippen molar-refractivity contribution in [1.29, 1.82) is 0 Å². The number of nitrogens with zero attached hydrogens (tertiary/aromatic N) is 7. The first kappa shape index (κ1) is 71.9. The van der Waals surface area contributed by atoms with Gasteiger partial charge >= 0.3 is 0 Å². The minimum Gasteiger partial charge on any atom is -0.390 e. The lowest BCUT2D eigenvalue weighted by atomic mass is 9.93. The highest BCUT2D eigenvalue weighted by atomic mass is 16.3. The zero-order valence-corrected chi connectivity index (χ0v) is 52.0. The van der Waals surface area contributed by atoms with Crippen molar-refractivity contribution in [2.75, 3.05) is 69.0 Å². The molecule has 2 unspecified atom stereocenters. The van der Waals surface area contributed by atoms with Crippen molar-refractivity contribution in [1.82, 2.24) is 55.6 Å². The summed E-state index contributed by atoms with van der Waals surface area (Å²) in [7, 11) is 9.70. The number of aliphatic hydroxyl groups is 1. The Balaban J connectivity index is 4.08. The Bertz CT molecular complexity index is 2190. The molecule has 1 saturated heterocycles. The molecular formula is C57H101N11O12. The zero-order chi connectivity index (χ0) is 62.0. The molecule has 0 spiro atoms. The highest BCUT2D eigenvalue weighted by Gasteiger charge is 2.42. The molecule has 1 aliphatic rings. The number of likely N-dealkylation sites (N-methyl/N-ethyl adjacent to an activating group) is 7. The third kappa shape index (κ3) is 21.1. The number of rotatable bonds is 13. The van der Waals surface area contributed by atoms with Crippen molar-refractivity contribution < 1.29 is 57.8 Å². The summed E-state index contributed by atoms with van der Waals surface area (Å²) in [5, 5.41) is 22.4. The van der Waals surface area contributed by atoms with Crippen LogP contribution in [0.1, 0.15) is 129 Å². The maximum atomic E-state index is 14.7. The van der Waals surface area contributed by atoms with Gasteiger partial charge in [-0.2, -0.15) is 0 Å². The molecule has 0 bridgehead atoms. The van der Waals surface area contributed by atoms with Crippen LogP contribution in [-0.4, -0.2) is 228 Å². The quantitative estimate of drug-likeness (QED) is 0.164. The van der Waals surface area contributed by atoms with Gasteiger partial charge in [-0.3, -0.25) is 52.7 Å². The van der Waals surface area contributed by atoms with E-state index < -0.39 is 151 Å². The third-order valence-corrected chi connectivity index (χ3v) is 14.7. The van der Waals surface area contributed by atoms with Crippen LogP contribution in [0, 0.1) is 35.5 Å². The van der Waals surface area contributed by atoms with Crippen molar-refractivity contribution in [3.8, 4) is 0 Å². The van der Waals surface area contributed by atoms with Gasteiger partial charge in [0.1, 0.15) is 48.3 Å². The number of hydrogen-bond donors (Lipinski definition) is 5. The fraction of sp³-hybridized carbons (Fsp3) is 0.772. The number of carbonyl (C=O) groups is 11. The predicted octanol–water partition coefficient (Wildman–Crippen LogP) is 1.47. The Kier molecular flexibility index (Phi) is 29.6.